The molecule has 2 unspecified atom stereocenters. The van der Waals surface area contributed by atoms with Gasteiger partial charge in [-0.3, -0.25) is 9.79 Å². The molecule has 0 fully saturated rings. The summed E-state index contributed by atoms with van der Waals surface area (Å²) in [5.74, 6) is -0.819. The predicted molar refractivity (Wildman–Crippen MR) is 81.2 cm³/mol. The molecule has 0 aromatic carbocycles. The van der Waals surface area contributed by atoms with Gasteiger partial charge in [0.05, 0.1) is 6.04 Å². The molecule has 0 bridgehead atoms. The van der Waals surface area contributed by atoms with Gasteiger partial charge in [0, 0.05) is 0 Å². The van der Waals surface area contributed by atoms with E-state index in [1.165, 1.54) is 0 Å². The van der Waals surface area contributed by atoms with E-state index >= 15 is 0 Å². The van der Waals surface area contributed by atoms with Crippen LogP contribution in [0.2, 0.25) is 0 Å². The van der Waals surface area contributed by atoms with Gasteiger partial charge >= 0.3 is 5.97 Å². The van der Waals surface area contributed by atoms with Gasteiger partial charge in [0.15, 0.2) is 5.96 Å². The highest BCUT2D eigenvalue weighted by molar-refractivity contribution is 5.75. The van der Waals surface area contributed by atoms with Crippen LogP contribution in [0.4, 0.5) is 0 Å². The SMILES string of the molecule is NCCCCC(CCCCCC(N)C(=O)O)N=C(N)N. The Bertz CT molecular complexity index is 292. The molecule has 0 spiro atoms. The molecule has 0 saturated heterocycles. The molecule has 0 aliphatic rings. The number of hydrogen-bond donors (Lipinski definition) is 5. The van der Waals surface area contributed by atoms with Crippen LogP contribution >= 0.6 is 0 Å². The molecule has 0 aliphatic carbocycles. The number of carboxylic acids is 1. The highest BCUT2D eigenvalue weighted by Crippen LogP contribution is 2.14. The summed E-state index contributed by atoms with van der Waals surface area (Å²) in [5, 5.41) is 8.67. The number of carbonyl (C=O) groups is 1. The predicted octanol–water partition coefficient (Wildman–Crippen LogP) is 0.120. The van der Waals surface area contributed by atoms with Crippen LogP contribution in [0.25, 0.3) is 0 Å². The van der Waals surface area contributed by atoms with E-state index in [9.17, 15) is 4.79 Å². The molecule has 118 valence electrons. The molecule has 0 heterocycles. The minimum Gasteiger partial charge on any atom is -0.480 e. The van der Waals surface area contributed by atoms with Crippen LogP contribution in [0.5, 0.6) is 0 Å². The van der Waals surface area contributed by atoms with Crippen molar-refractivity contribution in [2.24, 2.45) is 27.9 Å². The molecule has 7 heteroatoms. The van der Waals surface area contributed by atoms with E-state index < -0.39 is 12.0 Å². The molecule has 0 aromatic rings. The lowest BCUT2D eigenvalue weighted by atomic mass is 10.0. The zero-order valence-corrected chi connectivity index (χ0v) is 12.1. The number of carboxylic acid groups (broad SMARTS) is 1. The molecule has 0 radical (unpaired) electrons. The second-order valence-corrected chi connectivity index (χ2v) is 5.07. The molecule has 0 aliphatic heterocycles. The van der Waals surface area contributed by atoms with Gasteiger partial charge in [-0.25, -0.2) is 0 Å². The molecule has 0 amide bonds. The van der Waals surface area contributed by atoms with Crippen molar-refractivity contribution < 1.29 is 9.90 Å². The summed E-state index contributed by atoms with van der Waals surface area (Å²) in [4.78, 5) is 14.8. The Kier molecular flexibility index (Phi) is 10.7. The van der Waals surface area contributed by atoms with Gasteiger partial charge in [-0.1, -0.05) is 25.7 Å². The molecule has 0 saturated carbocycles. The molecular weight excluding hydrogens is 258 g/mol. The van der Waals surface area contributed by atoms with Crippen LogP contribution in [-0.4, -0.2) is 35.7 Å². The Morgan fingerprint density at radius 2 is 1.55 bits per heavy atom. The molecule has 9 N–H and O–H groups in total. The Morgan fingerprint density at radius 3 is 2.05 bits per heavy atom. The number of guanidine groups is 1. The maximum Gasteiger partial charge on any atom is 0.320 e. The average molecular weight is 287 g/mol. The van der Waals surface area contributed by atoms with Gasteiger partial charge < -0.3 is 28.0 Å². The lowest BCUT2D eigenvalue weighted by Gasteiger charge is -2.13. The summed E-state index contributed by atoms with van der Waals surface area (Å²) in [5.41, 5.74) is 21.7. The standard InChI is InChI=1S/C13H29N5O2/c14-9-5-4-7-10(18-13(16)17)6-2-1-3-8-11(15)12(19)20/h10-11H,1-9,14-15H2,(H,19,20)(H4,16,17,18). The maximum atomic E-state index is 10.6. The first-order chi connectivity index (χ1) is 9.47. The van der Waals surface area contributed by atoms with E-state index in [1.54, 1.807) is 0 Å². The number of aliphatic imine (C=N–C) groups is 1. The fourth-order valence-electron chi connectivity index (χ4n) is 2.05. The van der Waals surface area contributed by atoms with Crippen molar-refractivity contribution in [3.05, 3.63) is 0 Å². The van der Waals surface area contributed by atoms with Crippen molar-refractivity contribution in [3.8, 4) is 0 Å². The van der Waals surface area contributed by atoms with E-state index in [1.807, 2.05) is 0 Å². The third kappa shape index (κ3) is 10.6. The first-order valence-corrected chi connectivity index (χ1v) is 7.24. The van der Waals surface area contributed by atoms with Crippen LogP contribution in [0.15, 0.2) is 4.99 Å². The highest BCUT2D eigenvalue weighted by Gasteiger charge is 2.11. The second-order valence-electron chi connectivity index (χ2n) is 5.07. The maximum absolute atomic E-state index is 10.6. The van der Waals surface area contributed by atoms with Crippen molar-refractivity contribution >= 4 is 11.9 Å². The topological polar surface area (TPSA) is 154 Å². The zero-order valence-electron chi connectivity index (χ0n) is 12.1. The number of nitrogens with zero attached hydrogens (tertiary/aromatic N) is 1. The average Bonchev–Trinajstić information content (AvgIpc) is 2.37. The van der Waals surface area contributed by atoms with Crippen LogP contribution in [0, 0.1) is 0 Å². The van der Waals surface area contributed by atoms with E-state index in [0.29, 0.717) is 13.0 Å². The van der Waals surface area contributed by atoms with Crippen molar-refractivity contribution in [1.29, 1.82) is 0 Å². The summed E-state index contributed by atoms with van der Waals surface area (Å²) in [6, 6.07) is -0.618. The Morgan fingerprint density at radius 1 is 1.00 bits per heavy atom. The lowest BCUT2D eigenvalue weighted by molar-refractivity contribution is -0.138. The van der Waals surface area contributed by atoms with Gasteiger partial charge in [-0.15, -0.1) is 0 Å². The Labute approximate surface area is 120 Å². The van der Waals surface area contributed by atoms with Crippen molar-refractivity contribution in [1.82, 2.24) is 0 Å². The summed E-state index contributed by atoms with van der Waals surface area (Å²) >= 11 is 0. The van der Waals surface area contributed by atoms with Gasteiger partial charge in [0.1, 0.15) is 6.04 Å². The third-order valence-electron chi connectivity index (χ3n) is 3.19. The van der Waals surface area contributed by atoms with Crippen LogP contribution in [0.1, 0.15) is 51.4 Å². The van der Waals surface area contributed by atoms with Crippen LogP contribution < -0.4 is 22.9 Å². The minimum absolute atomic E-state index is 0.121. The van der Waals surface area contributed by atoms with Gasteiger partial charge in [0.2, 0.25) is 0 Å². The summed E-state index contributed by atoms with van der Waals surface area (Å²) in [6.07, 6.45) is 7.06. The zero-order chi connectivity index (χ0) is 15.4. The smallest absolute Gasteiger partial charge is 0.320 e. The summed E-state index contributed by atoms with van der Waals surface area (Å²) in [6.45, 7) is 0.682. The van der Waals surface area contributed by atoms with Gasteiger partial charge in [-0.2, -0.15) is 0 Å². The quantitative estimate of drug-likeness (QED) is 0.195. The normalized spacial score (nSPS) is 13.7. The molecule has 20 heavy (non-hydrogen) atoms. The fourth-order valence-corrected chi connectivity index (χ4v) is 2.05. The number of rotatable bonds is 12. The lowest BCUT2D eigenvalue weighted by Crippen LogP contribution is -2.29. The monoisotopic (exact) mass is 287 g/mol. The minimum atomic E-state index is -0.940. The second kappa shape index (κ2) is 11.5. The van der Waals surface area contributed by atoms with Crippen LogP contribution in [-0.2, 0) is 4.79 Å². The third-order valence-corrected chi connectivity index (χ3v) is 3.19. The molecule has 0 rings (SSSR count). The van der Waals surface area contributed by atoms with Crippen molar-refractivity contribution in [2.45, 2.75) is 63.5 Å². The Balaban J connectivity index is 3.84. The molecular formula is C13H29N5O2. The first-order valence-electron chi connectivity index (χ1n) is 7.24. The van der Waals surface area contributed by atoms with E-state index in [2.05, 4.69) is 4.99 Å². The highest BCUT2D eigenvalue weighted by atomic mass is 16.4. The molecule has 2 atom stereocenters. The number of aliphatic carboxylic acids is 1. The summed E-state index contributed by atoms with van der Waals surface area (Å²) < 4.78 is 0. The molecule has 0 aromatic heterocycles. The molecule has 7 nitrogen and oxygen atoms in total. The first kappa shape index (κ1) is 18.7. The van der Waals surface area contributed by atoms with E-state index in [-0.39, 0.29) is 12.0 Å². The van der Waals surface area contributed by atoms with E-state index in [0.717, 1.165) is 44.9 Å². The van der Waals surface area contributed by atoms with Crippen LogP contribution in [0.3, 0.4) is 0 Å². The number of hydrogen-bond acceptors (Lipinski definition) is 4. The van der Waals surface area contributed by atoms with E-state index in [4.69, 9.17) is 28.0 Å². The van der Waals surface area contributed by atoms with Crippen molar-refractivity contribution in [2.75, 3.05) is 6.54 Å². The van der Waals surface area contributed by atoms with Gasteiger partial charge in [-0.05, 0) is 32.2 Å². The summed E-state index contributed by atoms with van der Waals surface area (Å²) in [7, 11) is 0. The Hall–Kier alpha value is -1.34. The van der Waals surface area contributed by atoms with Crippen molar-refractivity contribution in [3.63, 3.8) is 0 Å². The van der Waals surface area contributed by atoms with Gasteiger partial charge in [0.25, 0.3) is 0 Å². The number of unbranched alkanes of at least 4 members (excludes halogenated alkanes) is 3. The fraction of sp³-hybridized carbons (Fsp3) is 0.846. The largest absolute Gasteiger partial charge is 0.480 e. The number of nitrogens with two attached hydrogens (primary N) is 4.